The monoisotopic (exact) mass is 395 g/mol. The molecule has 1 atom stereocenters. The molecule has 8 heteroatoms. The van der Waals surface area contributed by atoms with Gasteiger partial charge in [0, 0.05) is 29.4 Å². The molecule has 0 bridgehead atoms. The maximum absolute atomic E-state index is 11.7. The largest absolute Gasteiger partial charge is 0.367 e. The van der Waals surface area contributed by atoms with Gasteiger partial charge >= 0.3 is 0 Å². The molecule has 3 aromatic heterocycles. The van der Waals surface area contributed by atoms with E-state index in [4.69, 9.17) is 20.4 Å². The van der Waals surface area contributed by atoms with E-state index in [2.05, 4.69) is 9.88 Å². The SMILES string of the molecule is NC(=O)C1CN(c2nc(-c3cccnc3)nc3sc4c(c23)CCCC4)CCO1. The maximum atomic E-state index is 11.7. The van der Waals surface area contributed by atoms with Crippen molar-refractivity contribution in [3.8, 4) is 11.4 Å². The predicted octanol–water partition coefficient (Wildman–Crippen LogP) is 2.32. The molecule has 1 aliphatic heterocycles. The number of morpholine rings is 1. The second-order valence-electron chi connectivity index (χ2n) is 7.21. The Labute approximate surface area is 166 Å². The Bertz CT molecular complexity index is 1040. The number of fused-ring (bicyclic) bond motifs is 3. The standard InChI is InChI=1S/C20H21N5O2S/c21-17(26)14-11-25(8-9-27-14)19-16-13-5-1-2-6-15(13)28-20(16)24-18(23-19)12-4-3-7-22-10-12/h3-4,7,10,14H,1-2,5-6,8-9,11H2,(H2,21,26). The second kappa shape index (κ2) is 7.10. The second-order valence-corrected chi connectivity index (χ2v) is 8.30. The van der Waals surface area contributed by atoms with Crippen LogP contribution >= 0.6 is 11.3 Å². The normalized spacial score (nSPS) is 19.6. The summed E-state index contributed by atoms with van der Waals surface area (Å²) in [6, 6.07) is 3.86. The molecule has 1 amide bonds. The summed E-state index contributed by atoms with van der Waals surface area (Å²) in [5.74, 6) is 1.11. The van der Waals surface area contributed by atoms with E-state index in [0.717, 1.165) is 34.4 Å². The van der Waals surface area contributed by atoms with E-state index in [-0.39, 0.29) is 0 Å². The highest BCUT2D eigenvalue weighted by molar-refractivity contribution is 7.19. The molecule has 7 nitrogen and oxygen atoms in total. The molecule has 1 fully saturated rings. The summed E-state index contributed by atoms with van der Waals surface area (Å²) in [6.07, 6.45) is 7.48. The minimum atomic E-state index is -0.616. The molecule has 2 aliphatic rings. The number of carbonyl (C=O) groups excluding carboxylic acids is 1. The van der Waals surface area contributed by atoms with Gasteiger partial charge in [0.1, 0.15) is 10.6 Å². The molecule has 5 rings (SSSR count). The topological polar surface area (TPSA) is 94.2 Å². The molecular weight excluding hydrogens is 374 g/mol. The van der Waals surface area contributed by atoms with E-state index in [1.165, 1.54) is 23.3 Å². The van der Waals surface area contributed by atoms with Crippen LogP contribution in [0.3, 0.4) is 0 Å². The number of rotatable bonds is 3. The van der Waals surface area contributed by atoms with Crippen LogP contribution in [0.25, 0.3) is 21.6 Å². The third kappa shape index (κ3) is 3.02. The van der Waals surface area contributed by atoms with Gasteiger partial charge in [0.25, 0.3) is 0 Å². The molecule has 1 unspecified atom stereocenters. The number of nitrogens with two attached hydrogens (primary N) is 1. The van der Waals surface area contributed by atoms with Gasteiger partial charge in [0.15, 0.2) is 11.9 Å². The molecular formula is C20H21N5O2S. The fourth-order valence-corrected chi connectivity index (χ4v) is 5.26. The Morgan fingerprint density at radius 3 is 3.00 bits per heavy atom. The number of carbonyl (C=O) groups is 1. The number of primary amides is 1. The van der Waals surface area contributed by atoms with E-state index in [9.17, 15) is 4.79 Å². The Kier molecular flexibility index (Phi) is 4.44. The molecule has 2 N–H and O–H groups in total. The smallest absolute Gasteiger partial charge is 0.248 e. The van der Waals surface area contributed by atoms with Gasteiger partial charge in [-0.3, -0.25) is 9.78 Å². The van der Waals surface area contributed by atoms with Crippen molar-refractivity contribution in [1.82, 2.24) is 15.0 Å². The molecule has 28 heavy (non-hydrogen) atoms. The number of nitrogens with zero attached hydrogens (tertiary/aromatic N) is 4. The van der Waals surface area contributed by atoms with Gasteiger partial charge in [0.05, 0.1) is 18.5 Å². The first-order valence-electron chi connectivity index (χ1n) is 9.59. The van der Waals surface area contributed by atoms with Crippen LogP contribution in [0.15, 0.2) is 24.5 Å². The van der Waals surface area contributed by atoms with Crippen LogP contribution < -0.4 is 10.6 Å². The first-order chi connectivity index (χ1) is 13.7. The van der Waals surface area contributed by atoms with Gasteiger partial charge in [-0.25, -0.2) is 9.97 Å². The lowest BCUT2D eigenvalue weighted by Crippen LogP contribution is -2.48. The van der Waals surface area contributed by atoms with Crippen molar-refractivity contribution in [3.05, 3.63) is 35.0 Å². The highest BCUT2D eigenvalue weighted by Gasteiger charge is 2.29. The van der Waals surface area contributed by atoms with Crippen molar-refractivity contribution in [2.75, 3.05) is 24.6 Å². The number of hydrogen-bond donors (Lipinski definition) is 1. The number of aromatic nitrogens is 3. The summed E-state index contributed by atoms with van der Waals surface area (Å²) in [5, 5.41) is 1.14. The highest BCUT2D eigenvalue weighted by Crippen LogP contribution is 2.41. The summed E-state index contributed by atoms with van der Waals surface area (Å²) in [6.45, 7) is 1.54. The first-order valence-corrected chi connectivity index (χ1v) is 10.4. The number of aryl methyl sites for hydroxylation is 2. The molecule has 0 aromatic carbocycles. The van der Waals surface area contributed by atoms with Gasteiger partial charge in [-0.2, -0.15) is 0 Å². The average Bonchev–Trinajstić information content (AvgIpc) is 3.12. The minimum absolute atomic E-state index is 0.415. The average molecular weight is 395 g/mol. The van der Waals surface area contributed by atoms with Crippen molar-refractivity contribution >= 4 is 33.3 Å². The highest BCUT2D eigenvalue weighted by atomic mass is 32.1. The van der Waals surface area contributed by atoms with Crippen LogP contribution in [0, 0.1) is 0 Å². The molecule has 144 valence electrons. The number of anilines is 1. The summed E-state index contributed by atoms with van der Waals surface area (Å²) >= 11 is 1.77. The van der Waals surface area contributed by atoms with Crippen molar-refractivity contribution < 1.29 is 9.53 Å². The fraction of sp³-hybridized carbons (Fsp3) is 0.400. The molecule has 0 saturated carbocycles. The third-order valence-corrected chi connectivity index (χ3v) is 6.58. The molecule has 1 aliphatic carbocycles. The first kappa shape index (κ1) is 17.5. The number of ether oxygens (including phenoxy) is 1. The van der Waals surface area contributed by atoms with Crippen molar-refractivity contribution in [3.63, 3.8) is 0 Å². The van der Waals surface area contributed by atoms with Gasteiger partial charge in [0.2, 0.25) is 5.91 Å². The van der Waals surface area contributed by atoms with Gasteiger partial charge in [-0.05, 0) is 43.4 Å². The Balaban J connectivity index is 1.68. The molecule has 1 saturated heterocycles. The molecule has 4 heterocycles. The zero-order valence-corrected chi connectivity index (χ0v) is 16.2. The van der Waals surface area contributed by atoms with Crippen molar-refractivity contribution in [2.45, 2.75) is 31.8 Å². The third-order valence-electron chi connectivity index (χ3n) is 5.40. The van der Waals surface area contributed by atoms with Gasteiger partial charge in [-0.15, -0.1) is 11.3 Å². The lowest BCUT2D eigenvalue weighted by atomic mass is 9.96. The number of hydrogen-bond acceptors (Lipinski definition) is 7. The van der Waals surface area contributed by atoms with Crippen LogP contribution in [0.4, 0.5) is 5.82 Å². The van der Waals surface area contributed by atoms with Crippen molar-refractivity contribution in [1.29, 1.82) is 0 Å². The van der Waals surface area contributed by atoms with Gasteiger partial charge < -0.3 is 15.4 Å². The Morgan fingerprint density at radius 2 is 2.18 bits per heavy atom. The van der Waals surface area contributed by atoms with E-state index in [1.54, 1.807) is 23.7 Å². The maximum Gasteiger partial charge on any atom is 0.248 e. The lowest BCUT2D eigenvalue weighted by Gasteiger charge is -2.33. The number of thiophene rings is 1. The Hall–Kier alpha value is -2.58. The van der Waals surface area contributed by atoms with E-state index in [1.807, 2.05) is 12.1 Å². The summed E-state index contributed by atoms with van der Waals surface area (Å²) < 4.78 is 5.55. The summed E-state index contributed by atoms with van der Waals surface area (Å²) in [7, 11) is 0. The number of pyridine rings is 1. The van der Waals surface area contributed by atoms with Crippen molar-refractivity contribution in [2.24, 2.45) is 5.73 Å². The summed E-state index contributed by atoms with van der Waals surface area (Å²) in [4.78, 5) is 30.3. The molecule has 0 spiro atoms. The predicted molar refractivity (Wildman–Crippen MR) is 108 cm³/mol. The van der Waals surface area contributed by atoms with Crippen LogP contribution in [0.1, 0.15) is 23.3 Å². The van der Waals surface area contributed by atoms with E-state index >= 15 is 0 Å². The fourth-order valence-electron chi connectivity index (χ4n) is 4.00. The molecule has 0 radical (unpaired) electrons. The van der Waals surface area contributed by atoms with E-state index < -0.39 is 12.0 Å². The Morgan fingerprint density at radius 1 is 1.29 bits per heavy atom. The lowest BCUT2D eigenvalue weighted by molar-refractivity contribution is -0.130. The van der Waals surface area contributed by atoms with Crippen LogP contribution in [0.2, 0.25) is 0 Å². The quantitative estimate of drug-likeness (QED) is 0.731. The van der Waals surface area contributed by atoms with Crippen LogP contribution in [-0.2, 0) is 22.4 Å². The zero-order valence-electron chi connectivity index (χ0n) is 15.4. The summed E-state index contributed by atoms with van der Waals surface area (Å²) in [5.41, 5.74) is 7.76. The van der Waals surface area contributed by atoms with E-state index in [0.29, 0.717) is 25.5 Å². The zero-order chi connectivity index (χ0) is 19.1. The minimum Gasteiger partial charge on any atom is -0.367 e. The van der Waals surface area contributed by atoms with Crippen LogP contribution in [-0.4, -0.2) is 46.7 Å². The van der Waals surface area contributed by atoms with Gasteiger partial charge in [-0.1, -0.05) is 0 Å². The molecule has 3 aromatic rings. The van der Waals surface area contributed by atoms with Crippen LogP contribution in [0.5, 0.6) is 0 Å². The number of amides is 1.